The molecule has 62 valence electrons. The third-order valence-electron chi connectivity index (χ3n) is 1.89. The third kappa shape index (κ3) is 1.25. The molecular formula is C9H9NO2. The largest absolute Gasteiger partial charge is 0.418 e. The molecule has 0 aromatic heterocycles. The lowest BCUT2D eigenvalue weighted by Crippen LogP contribution is -2.21. The number of alkyl carbamates (subject to hydrolysis) is 1. The second-order valence-electron chi connectivity index (χ2n) is 2.71. The Hall–Kier alpha value is -1.51. The average Bonchev–Trinajstić information content (AvgIpc) is 2.25. The molecule has 12 heavy (non-hydrogen) atoms. The Morgan fingerprint density at radius 2 is 2.33 bits per heavy atom. The second kappa shape index (κ2) is 2.85. The number of carbonyl (C=O) groups is 1. The van der Waals surface area contributed by atoms with Crippen LogP contribution in [0.25, 0.3) is 0 Å². The van der Waals surface area contributed by atoms with Crippen molar-refractivity contribution in [2.45, 2.75) is 12.8 Å². The fourth-order valence-electron chi connectivity index (χ4n) is 1.29. The lowest BCUT2D eigenvalue weighted by Gasteiger charge is -2.10. The topological polar surface area (TPSA) is 38.3 Å². The van der Waals surface area contributed by atoms with Gasteiger partial charge in [0.05, 0.1) is 6.26 Å². The third-order valence-corrected chi connectivity index (χ3v) is 1.89. The van der Waals surface area contributed by atoms with E-state index in [1.807, 2.05) is 18.2 Å². The molecule has 1 N–H and O–H groups in total. The zero-order chi connectivity index (χ0) is 8.39. The number of ether oxygens (including phenoxy) is 1. The molecule has 0 fully saturated rings. The number of amides is 1. The van der Waals surface area contributed by atoms with E-state index in [2.05, 4.69) is 10.1 Å². The molecule has 0 atom stereocenters. The molecule has 1 heterocycles. The van der Waals surface area contributed by atoms with Gasteiger partial charge in [-0.15, -0.1) is 0 Å². The fraction of sp³-hybridized carbons (Fsp3) is 0.222. The first-order valence-corrected chi connectivity index (χ1v) is 3.90. The van der Waals surface area contributed by atoms with Crippen LogP contribution in [0.15, 0.2) is 35.8 Å². The Balaban J connectivity index is 2.32. The first-order valence-electron chi connectivity index (χ1n) is 3.90. The number of hydrogen-bond donors (Lipinski definition) is 1. The van der Waals surface area contributed by atoms with Crippen LogP contribution in [0, 0.1) is 0 Å². The first-order chi connectivity index (χ1) is 5.86. The van der Waals surface area contributed by atoms with E-state index in [1.165, 1.54) is 6.26 Å². The van der Waals surface area contributed by atoms with Gasteiger partial charge in [-0.05, 0) is 30.6 Å². The van der Waals surface area contributed by atoms with Crippen LogP contribution >= 0.6 is 0 Å². The fourth-order valence-corrected chi connectivity index (χ4v) is 1.29. The van der Waals surface area contributed by atoms with Gasteiger partial charge in [0.25, 0.3) is 0 Å². The van der Waals surface area contributed by atoms with E-state index in [1.54, 1.807) is 0 Å². The summed E-state index contributed by atoms with van der Waals surface area (Å²) in [5, 5.41) is 2.65. The molecule has 1 aliphatic heterocycles. The molecule has 2 rings (SSSR count). The SMILES string of the molecule is O=C1NC2=C(C=CO1)CCC=C2. The molecule has 0 bridgehead atoms. The minimum Gasteiger partial charge on any atom is -0.418 e. The number of hydrogen-bond acceptors (Lipinski definition) is 2. The van der Waals surface area contributed by atoms with Crippen molar-refractivity contribution in [3.8, 4) is 0 Å². The lowest BCUT2D eigenvalue weighted by atomic mass is 10.0. The average molecular weight is 163 g/mol. The van der Waals surface area contributed by atoms with Crippen LogP contribution in [0.5, 0.6) is 0 Å². The highest BCUT2D eigenvalue weighted by Crippen LogP contribution is 2.19. The number of nitrogens with one attached hydrogen (secondary N) is 1. The van der Waals surface area contributed by atoms with E-state index >= 15 is 0 Å². The smallest absolute Gasteiger partial charge is 0.416 e. The van der Waals surface area contributed by atoms with Gasteiger partial charge in [0.1, 0.15) is 0 Å². The van der Waals surface area contributed by atoms with Gasteiger partial charge in [-0.25, -0.2) is 4.79 Å². The van der Waals surface area contributed by atoms with Crippen molar-refractivity contribution in [2.75, 3.05) is 0 Å². The van der Waals surface area contributed by atoms with Crippen LogP contribution in [0.3, 0.4) is 0 Å². The van der Waals surface area contributed by atoms with Gasteiger partial charge in [0, 0.05) is 5.70 Å². The summed E-state index contributed by atoms with van der Waals surface area (Å²) in [6.45, 7) is 0. The first kappa shape index (κ1) is 7.16. The monoisotopic (exact) mass is 163 g/mol. The van der Waals surface area contributed by atoms with Gasteiger partial charge in [-0.3, -0.25) is 5.32 Å². The van der Waals surface area contributed by atoms with Crippen molar-refractivity contribution in [1.82, 2.24) is 5.32 Å². The van der Waals surface area contributed by atoms with E-state index in [0.29, 0.717) is 0 Å². The second-order valence-corrected chi connectivity index (χ2v) is 2.71. The maximum atomic E-state index is 10.9. The van der Waals surface area contributed by atoms with Crippen molar-refractivity contribution in [2.24, 2.45) is 0 Å². The molecule has 0 spiro atoms. The van der Waals surface area contributed by atoms with Gasteiger partial charge < -0.3 is 4.74 Å². The highest BCUT2D eigenvalue weighted by molar-refractivity contribution is 5.72. The molecule has 0 radical (unpaired) electrons. The summed E-state index contributed by atoms with van der Waals surface area (Å²) in [5.41, 5.74) is 1.99. The van der Waals surface area contributed by atoms with Crippen LogP contribution in [0.4, 0.5) is 4.79 Å². The normalized spacial score (nSPS) is 21.2. The predicted octanol–water partition coefficient (Wildman–Crippen LogP) is 1.84. The van der Waals surface area contributed by atoms with Gasteiger partial charge in [0.2, 0.25) is 0 Å². The van der Waals surface area contributed by atoms with E-state index in [4.69, 9.17) is 0 Å². The summed E-state index contributed by atoms with van der Waals surface area (Å²) in [7, 11) is 0. The highest BCUT2D eigenvalue weighted by Gasteiger charge is 2.12. The Kier molecular flexibility index (Phi) is 1.70. The van der Waals surface area contributed by atoms with Crippen molar-refractivity contribution in [1.29, 1.82) is 0 Å². The van der Waals surface area contributed by atoms with Crippen molar-refractivity contribution >= 4 is 6.09 Å². The Morgan fingerprint density at radius 3 is 3.25 bits per heavy atom. The summed E-state index contributed by atoms with van der Waals surface area (Å²) < 4.78 is 4.69. The molecule has 1 aliphatic carbocycles. The number of cyclic esters (lactones) is 1. The standard InChI is InChI=1S/C9H9NO2/c11-9-10-8-4-2-1-3-7(8)5-6-12-9/h2,4-6H,1,3H2,(H,10,11). The molecule has 3 heteroatoms. The van der Waals surface area contributed by atoms with Crippen molar-refractivity contribution < 1.29 is 9.53 Å². The lowest BCUT2D eigenvalue weighted by molar-refractivity contribution is 0.189. The van der Waals surface area contributed by atoms with Crippen molar-refractivity contribution in [3.63, 3.8) is 0 Å². The minimum atomic E-state index is -0.414. The summed E-state index contributed by atoms with van der Waals surface area (Å²) >= 11 is 0. The zero-order valence-corrected chi connectivity index (χ0v) is 6.54. The number of allylic oxidation sites excluding steroid dienone is 4. The van der Waals surface area contributed by atoms with E-state index in [0.717, 1.165) is 24.1 Å². The quantitative estimate of drug-likeness (QED) is 0.591. The maximum Gasteiger partial charge on any atom is 0.416 e. The van der Waals surface area contributed by atoms with Gasteiger partial charge in [-0.1, -0.05) is 6.08 Å². The molecule has 3 nitrogen and oxygen atoms in total. The molecule has 0 aromatic rings. The Bertz CT molecular complexity index is 300. The van der Waals surface area contributed by atoms with Crippen LogP contribution in [-0.4, -0.2) is 6.09 Å². The molecule has 0 saturated carbocycles. The van der Waals surface area contributed by atoms with Crippen LogP contribution in [-0.2, 0) is 4.74 Å². The van der Waals surface area contributed by atoms with E-state index in [-0.39, 0.29) is 0 Å². The molecule has 0 saturated heterocycles. The molecule has 0 aromatic carbocycles. The molecular weight excluding hydrogens is 154 g/mol. The van der Waals surface area contributed by atoms with E-state index < -0.39 is 6.09 Å². The molecule has 2 aliphatic rings. The van der Waals surface area contributed by atoms with Gasteiger partial charge >= 0.3 is 6.09 Å². The number of carbonyl (C=O) groups excluding carboxylic acids is 1. The molecule has 1 amide bonds. The summed E-state index contributed by atoms with van der Waals surface area (Å²) in [6, 6.07) is 0. The van der Waals surface area contributed by atoms with Crippen LogP contribution in [0.2, 0.25) is 0 Å². The van der Waals surface area contributed by atoms with Gasteiger partial charge in [0.15, 0.2) is 0 Å². The summed E-state index contributed by atoms with van der Waals surface area (Å²) in [6.07, 6.45) is 8.79. The summed E-state index contributed by atoms with van der Waals surface area (Å²) in [4.78, 5) is 10.9. The Labute approximate surface area is 70.4 Å². The zero-order valence-electron chi connectivity index (χ0n) is 6.54. The van der Waals surface area contributed by atoms with Crippen LogP contribution in [0.1, 0.15) is 12.8 Å². The van der Waals surface area contributed by atoms with Crippen molar-refractivity contribution in [3.05, 3.63) is 35.8 Å². The maximum absolute atomic E-state index is 10.9. The summed E-state index contributed by atoms with van der Waals surface area (Å²) in [5.74, 6) is 0. The minimum absolute atomic E-state index is 0.414. The highest BCUT2D eigenvalue weighted by atomic mass is 16.5. The molecule has 0 unspecified atom stereocenters. The number of rotatable bonds is 0. The van der Waals surface area contributed by atoms with E-state index in [9.17, 15) is 4.79 Å². The Morgan fingerprint density at radius 1 is 1.42 bits per heavy atom. The predicted molar refractivity (Wildman–Crippen MR) is 44.2 cm³/mol. The van der Waals surface area contributed by atoms with Gasteiger partial charge in [-0.2, -0.15) is 0 Å². The van der Waals surface area contributed by atoms with Crippen LogP contribution < -0.4 is 5.32 Å².